The summed E-state index contributed by atoms with van der Waals surface area (Å²) in [5, 5.41) is 11.9. The summed E-state index contributed by atoms with van der Waals surface area (Å²) >= 11 is 0. The number of amides is 2. The predicted octanol–water partition coefficient (Wildman–Crippen LogP) is 1.22. The SMILES string of the molecule is CCN(CC)CCCNC(=O)N1CCC[C@H](C(=O)O)C1. The molecule has 1 aliphatic rings. The molecule has 20 heavy (non-hydrogen) atoms. The van der Waals surface area contributed by atoms with E-state index < -0.39 is 11.9 Å². The fraction of sp³-hybridized carbons (Fsp3) is 0.857. The van der Waals surface area contributed by atoms with Crippen LogP contribution in [0.15, 0.2) is 0 Å². The summed E-state index contributed by atoms with van der Waals surface area (Å²) in [5.74, 6) is -1.21. The van der Waals surface area contributed by atoms with Gasteiger partial charge in [0, 0.05) is 19.6 Å². The standard InChI is InChI=1S/C14H27N3O3/c1-3-16(4-2)9-6-8-15-14(20)17-10-5-7-12(11-17)13(18)19/h12H,3-11H2,1-2H3,(H,15,20)(H,18,19)/t12-/m0/s1. The number of carboxylic acids is 1. The van der Waals surface area contributed by atoms with Crippen LogP contribution < -0.4 is 5.32 Å². The van der Waals surface area contributed by atoms with Gasteiger partial charge in [-0.3, -0.25) is 4.79 Å². The minimum atomic E-state index is -0.802. The average molecular weight is 285 g/mol. The highest BCUT2D eigenvalue weighted by molar-refractivity contribution is 5.76. The molecule has 1 saturated heterocycles. The fourth-order valence-electron chi connectivity index (χ4n) is 2.51. The summed E-state index contributed by atoms with van der Waals surface area (Å²) in [4.78, 5) is 26.9. The molecule has 0 aromatic rings. The first-order valence-corrected chi connectivity index (χ1v) is 7.56. The summed E-state index contributed by atoms with van der Waals surface area (Å²) in [5.41, 5.74) is 0. The Bertz CT molecular complexity index is 319. The van der Waals surface area contributed by atoms with Crippen LogP contribution in [-0.4, -0.2) is 66.2 Å². The molecule has 1 fully saturated rings. The van der Waals surface area contributed by atoms with Crippen molar-refractivity contribution in [1.29, 1.82) is 0 Å². The van der Waals surface area contributed by atoms with E-state index in [0.717, 1.165) is 32.5 Å². The number of aliphatic carboxylic acids is 1. The van der Waals surface area contributed by atoms with Gasteiger partial charge in [0.1, 0.15) is 0 Å². The van der Waals surface area contributed by atoms with Crippen molar-refractivity contribution in [2.24, 2.45) is 5.92 Å². The molecule has 2 N–H and O–H groups in total. The topological polar surface area (TPSA) is 72.9 Å². The van der Waals surface area contributed by atoms with E-state index in [9.17, 15) is 9.59 Å². The van der Waals surface area contributed by atoms with Gasteiger partial charge in [0.15, 0.2) is 0 Å². The van der Waals surface area contributed by atoms with Crippen LogP contribution in [0.4, 0.5) is 4.79 Å². The number of hydrogen-bond donors (Lipinski definition) is 2. The lowest BCUT2D eigenvalue weighted by atomic mass is 9.99. The Kier molecular flexibility index (Phi) is 7.36. The molecule has 0 aliphatic carbocycles. The Labute approximate surface area is 121 Å². The van der Waals surface area contributed by atoms with E-state index in [-0.39, 0.29) is 6.03 Å². The van der Waals surface area contributed by atoms with Crippen LogP contribution >= 0.6 is 0 Å². The summed E-state index contributed by atoms with van der Waals surface area (Å²) in [6.45, 7) is 8.91. The van der Waals surface area contributed by atoms with Crippen molar-refractivity contribution >= 4 is 12.0 Å². The quantitative estimate of drug-likeness (QED) is 0.690. The van der Waals surface area contributed by atoms with Gasteiger partial charge >= 0.3 is 12.0 Å². The molecule has 1 rings (SSSR count). The van der Waals surface area contributed by atoms with Gasteiger partial charge < -0.3 is 20.2 Å². The van der Waals surface area contributed by atoms with Gasteiger partial charge in [-0.25, -0.2) is 4.79 Å². The van der Waals surface area contributed by atoms with E-state index in [1.165, 1.54) is 0 Å². The molecule has 0 saturated carbocycles. The molecule has 1 heterocycles. The van der Waals surface area contributed by atoms with Gasteiger partial charge in [0.25, 0.3) is 0 Å². The van der Waals surface area contributed by atoms with E-state index in [0.29, 0.717) is 26.1 Å². The molecular weight excluding hydrogens is 258 g/mol. The minimum absolute atomic E-state index is 0.129. The number of carbonyl (C=O) groups is 2. The molecule has 0 aromatic heterocycles. The van der Waals surface area contributed by atoms with Gasteiger partial charge in [-0.1, -0.05) is 13.8 Å². The van der Waals surface area contributed by atoms with E-state index in [1.807, 2.05) is 0 Å². The maximum Gasteiger partial charge on any atom is 0.317 e. The Hall–Kier alpha value is -1.30. The van der Waals surface area contributed by atoms with Crippen LogP contribution in [-0.2, 0) is 4.79 Å². The first-order valence-electron chi connectivity index (χ1n) is 7.56. The van der Waals surface area contributed by atoms with Crippen molar-refractivity contribution in [2.75, 3.05) is 39.3 Å². The lowest BCUT2D eigenvalue weighted by Gasteiger charge is -2.30. The Morgan fingerprint density at radius 1 is 1.35 bits per heavy atom. The highest BCUT2D eigenvalue weighted by Gasteiger charge is 2.27. The van der Waals surface area contributed by atoms with Crippen molar-refractivity contribution in [3.05, 3.63) is 0 Å². The number of piperidine rings is 1. The first-order chi connectivity index (χ1) is 9.58. The largest absolute Gasteiger partial charge is 0.481 e. The molecule has 0 spiro atoms. The van der Waals surface area contributed by atoms with Crippen molar-refractivity contribution in [3.63, 3.8) is 0 Å². The zero-order valence-electron chi connectivity index (χ0n) is 12.6. The lowest BCUT2D eigenvalue weighted by Crippen LogP contribution is -2.47. The molecule has 0 radical (unpaired) electrons. The molecule has 0 aromatic carbocycles. The fourth-order valence-corrected chi connectivity index (χ4v) is 2.51. The molecule has 6 nitrogen and oxygen atoms in total. The number of nitrogens with one attached hydrogen (secondary N) is 1. The smallest absolute Gasteiger partial charge is 0.317 e. The van der Waals surface area contributed by atoms with Crippen molar-refractivity contribution in [1.82, 2.24) is 15.1 Å². The number of rotatable bonds is 7. The second-order valence-corrected chi connectivity index (χ2v) is 5.24. The third kappa shape index (κ3) is 5.36. The highest BCUT2D eigenvalue weighted by atomic mass is 16.4. The molecule has 1 aliphatic heterocycles. The number of hydrogen-bond acceptors (Lipinski definition) is 3. The molecule has 116 valence electrons. The molecule has 6 heteroatoms. The van der Waals surface area contributed by atoms with Crippen LogP contribution in [0.1, 0.15) is 33.1 Å². The van der Waals surface area contributed by atoms with Gasteiger partial charge in [-0.15, -0.1) is 0 Å². The van der Waals surface area contributed by atoms with Crippen LogP contribution in [0.2, 0.25) is 0 Å². The first kappa shape index (κ1) is 16.8. The van der Waals surface area contributed by atoms with Crippen LogP contribution in [0, 0.1) is 5.92 Å². The number of urea groups is 1. The maximum atomic E-state index is 12.0. The predicted molar refractivity (Wildman–Crippen MR) is 77.7 cm³/mol. The normalized spacial score (nSPS) is 19.1. The zero-order valence-corrected chi connectivity index (χ0v) is 12.6. The van der Waals surface area contributed by atoms with E-state index in [4.69, 9.17) is 5.11 Å². The van der Waals surface area contributed by atoms with Crippen molar-refractivity contribution in [2.45, 2.75) is 33.1 Å². The Morgan fingerprint density at radius 3 is 2.65 bits per heavy atom. The minimum Gasteiger partial charge on any atom is -0.481 e. The second-order valence-electron chi connectivity index (χ2n) is 5.24. The average Bonchev–Trinajstić information content (AvgIpc) is 2.47. The number of carbonyl (C=O) groups excluding carboxylic acids is 1. The molecule has 1 atom stereocenters. The number of likely N-dealkylation sites (tertiary alicyclic amines) is 1. The Morgan fingerprint density at radius 2 is 2.05 bits per heavy atom. The van der Waals surface area contributed by atoms with Crippen LogP contribution in [0.25, 0.3) is 0 Å². The van der Waals surface area contributed by atoms with Crippen molar-refractivity contribution in [3.8, 4) is 0 Å². The molecule has 0 unspecified atom stereocenters. The van der Waals surface area contributed by atoms with Gasteiger partial charge in [-0.2, -0.15) is 0 Å². The summed E-state index contributed by atoms with van der Waals surface area (Å²) in [7, 11) is 0. The number of carboxylic acid groups (broad SMARTS) is 1. The Balaban J connectivity index is 2.23. The van der Waals surface area contributed by atoms with Gasteiger partial charge in [0.05, 0.1) is 5.92 Å². The van der Waals surface area contributed by atoms with Gasteiger partial charge in [0.2, 0.25) is 0 Å². The van der Waals surface area contributed by atoms with E-state index >= 15 is 0 Å². The number of nitrogens with zero attached hydrogens (tertiary/aromatic N) is 2. The van der Waals surface area contributed by atoms with E-state index in [2.05, 4.69) is 24.1 Å². The maximum absolute atomic E-state index is 12.0. The monoisotopic (exact) mass is 285 g/mol. The summed E-state index contributed by atoms with van der Waals surface area (Å²) in [6.07, 6.45) is 2.36. The third-order valence-corrected chi connectivity index (χ3v) is 3.88. The highest BCUT2D eigenvalue weighted by Crippen LogP contribution is 2.16. The molecule has 0 bridgehead atoms. The molecular formula is C14H27N3O3. The second kappa shape index (κ2) is 8.79. The van der Waals surface area contributed by atoms with Crippen LogP contribution in [0.3, 0.4) is 0 Å². The molecule has 2 amide bonds. The van der Waals surface area contributed by atoms with Gasteiger partial charge in [-0.05, 0) is 38.9 Å². The zero-order chi connectivity index (χ0) is 15.0. The summed E-state index contributed by atoms with van der Waals surface area (Å²) < 4.78 is 0. The van der Waals surface area contributed by atoms with Crippen LogP contribution in [0.5, 0.6) is 0 Å². The lowest BCUT2D eigenvalue weighted by molar-refractivity contribution is -0.143. The van der Waals surface area contributed by atoms with E-state index in [1.54, 1.807) is 4.90 Å². The summed E-state index contributed by atoms with van der Waals surface area (Å²) in [6, 6.07) is -0.129. The van der Waals surface area contributed by atoms with Crippen molar-refractivity contribution < 1.29 is 14.7 Å². The third-order valence-electron chi connectivity index (χ3n) is 3.88.